The highest BCUT2D eigenvalue weighted by Crippen LogP contribution is 2.29. The number of rotatable bonds is 6. The fraction of sp³-hybridized carbons (Fsp3) is 0.158. The number of benzene rings is 1. The van der Waals surface area contributed by atoms with Gasteiger partial charge < -0.3 is 10.6 Å². The first-order chi connectivity index (χ1) is 12.6. The zero-order chi connectivity index (χ0) is 18.5. The van der Waals surface area contributed by atoms with Gasteiger partial charge in [0.2, 0.25) is 0 Å². The van der Waals surface area contributed by atoms with Gasteiger partial charge >= 0.3 is 0 Å². The Labute approximate surface area is 166 Å². The van der Waals surface area contributed by atoms with Crippen LogP contribution in [0.2, 0.25) is 10.0 Å². The average Bonchev–Trinajstić information content (AvgIpc) is 3.14. The second-order valence-electron chi connectivity index (χ2n) is 5.59. The third-order valence-electron chi connectivity index (χ3n) is 3.83. The zero-order valence-electron chi connectivity index (χ0n) is 14.1. The molecule has 0 saturated heterocycles. The van der Waals surface area contributed by atoms with Crippen LogP contribution in [0.3, 0.4) is 0 Å². The molecular formula is C19H17Cl2N3OS. The lowest BCUT2D eigenvalue weighted by Crippen LogP contribution is -2.24. The van der Waals surface area contributed by atoms with Gasteiger partial charge in [-0.2, -0.15) is 0 Å². The number of anilines is 1. The molecule has 134 valence electrons. The Balaban J connectivity index is 1.61. The maximum Gasteiger partial charge on any atom is 0.261 e. The average molecular weight is 406 g/mol. The molecule has 3 rings (SSSR count). The van der Waals surface area contributed by atoms with Gasteiger partial charge in [0, 0.05) is 34.7 Å². The molecule has 0 aliphatic heterocycles. The lowest BCUT2D eigenvalue weighted by molar-refractivity contribution is 0.0958. The van der Waals surface area contributed by atoms with E-state index >= 15 is 0 Å². The molecule has 1 aromatic carbocycles. The van der Waals surface area contributed by atoms with Crippen molar-refractivity contribution in [1.82, 2.24) is 10.3 Å². The minimum Gasteiger partial charge on any atom is -0.373 e. The maximum absolute atomic E-state index is 12.4. The van der Waals surface area contributed by atoms with E-state index < -0.39 is 0 Å². The van der Waals surface area contributed by atoms with Crippen molar-refractivity contribution in [2.75, 3.05) is 18.9 Å². The predicted molar refractivity (Wildman–Crippen MR) is 110 cm³/mol. The molecule has 3 aromatic rings. The Morgan fingerprint density at radius 1 is 1.15 bits per heavy atom. The highest BCUT2D eigenvalue weighted by molar-refractivity contribution is 7.17. The summed E-state index contributed by atoms with van der Waals surface area (Å²) in [5.41, 5.74) is 1.99. The van der Waals surface area contributed by atoms with Gasteiger partial charge in [0.15, 0.2) is 0 Å². The lowest BCUT2D eigenvalue weighted by atomic mass is 10.1. The van der Waals surface area contributed by atoms with Crippen LogP contribution in [0.15, 0.2) is 48.7 Å². The number of carbonyl (C=O) groups is 1. The van der Waals surface area contributed by atoms with Crippen LogP contribution in [-0.2, 0) is 6.42 Å². The van der Waals surface area contributed by atoms with E-state index in [0.29, 0.717) is 27.9 Å². The molecule has 0 atom stereocenters. The molecule has 0 bridgehead atoms. The quantitative estimate of drug-likeness (QED) is 0.597. The summed E-state index contributed by atoms with van der Waals surface area (Å²) < 4.78 is 0. The van der Waals surface area contributed by atoms with E-state index in [1.165, 1.54) is 11.3 Å². The van der Waals surface area contributed by atoms with Crippen molar-refractivity contribution in [3.63, 3.8) is 0 Å². The number of pyridine rings is 1. The molecule has 26 heavy (non-hydrogen) atoms. The van der Waals surface area contributed by atoms with Crippen LogP contribution in [0.5, 0.6) is 0 Å². The van der Waals surface area contributed by atoms with Crippen molar-refractivity contribution in [3.8, 4) is 10.4 Å². The van der Waals surface area contributed by atoms with E-state index in [1.54, 1.807) is 18.3 Å². The molecule has 0 spiro atoms. The Bertz CT molecular complexity index is 927. The summed E-state index contributed by atoms with van der Waals surface area (Å²) in [6.45, 7) is 0.507. The van der Waals surface area contributed by atoms with Crippen LogP contribution in [0, 0.1) is 0 Å². The summed E-state index contributed by atoms with van der Waals surface area (Å²) in [5, 5.41) is 7.16. The van der Waals surface area contributed by atoms with Crippen LogP contribution in [0.4, 0.5) is 5.82 Å². The minimum atomic E-state index is -0.0887. The SMILES string of the molecule is CNc1cc(-c2ccc(C(=O)NCCc3ccc(Cl)cc3Cl)s2)ccn1. The molecule has 0 radical (unpaired) electrons. The number of hydrogen-bond acceptors (Lipinski definition) is 4. The van der Waals surface area contributed by atoms with E-state index in [2.05, 4.69) is 15.6 Å². The predicted octanol–water partition coefficient (Wildman–Crippen LogP) is 5.13. The van der Waals surface area contributed by atoms with Gasteiger partial charge in [0.05, 0.1) is 4.88 Å². The molecule has 0 unspecified atom stereocenters. The first kappa shape index (κ1) is 18.7. The molecule has 4 nitrogen and oxygen atoms in total. The molecular weight excluding hydrogens is 389 g/mol. The molecule has 0 fully saturated rings. The summed E-state index contributed by atoms with van der Waals surface area (Å²) in [5.74, 6) is 0.705. The standard InChI is InChI=1S/C19H17Cl2N3OS/c1-22-18-10-13(7-8-23-18)16-4-5-17(26-16)19(25)24-9-6-12-2-3-14(20)11-15(12)21/h2-5,7-8,10-11H,6,9H2,1H3,(H,22,23)(H,24,25). The Kier molecular flexibility index (Phi) is 6.14. The zero-order valence-corrected chi connectivity index (χ0v) is 16.4. The van der Waals surface area contributed by atoms with Crippen molar-refractivity contribution in [1.29, 1.82) is 0 Å². The van der Waals surface area contributed by atoms with E-state index in [9.17, 15) is 4.79 Å². The van der Waals surface area contributed by atoms with E-state index in [1.807, 2.05) is 37.4 Å². The molecule has 0 aliphatic rings. The van der Waals surface area contributed by atoms with E-state index in [4.69, 9.17) is 23.2 Å². The highest BCUT2D eigenvalue weighted by Gasteiger charge is 2.11. The maximum atomic E-state index is 12.4. The molecule has 7 heteroatoms. The second-order valence-corrected chi connectivity index (χ2v) is 7.51. The number of amides is 1. The monoisotopic (exact) mass is 405 g/mol. The summed E-state index contributed by atoms with van der Waals surface area (Å²) in [6.07, 6.45) is 2.40. The second kappa shape index (κ2) is 8.54. The highest BCUT2D eigenvalue weighted by atomic mass is 35.5. The first-order valence-electron chi connectivity index (χ1n) is 8.03. The number of nitrogens with zero attached hydrogens (tertiary/aromatic N) is 1. The molecule has 2 N–H and O–H groups in total. The van der Waals surface area contributed by atoms with E-state index in [0.717, 1.165) is 21.8 Å². The van der Waals surface area contributed by atoms with Crippen molar-refractivity contribution < 1.29 is 4.79 Å². The largest absolute Gasteiger partial charge is 0.373 e. The third kappa shape index (κ3) is 4.55. The fourth-order valence-electron chi connectivity index (χ4n) is 2.46. The first-order valence-corrected chi connectivity index (χ1v) is 9.60. The molecule has 1 amide bonds. The van der Waals surface area contributed by atoms with Crippen molar-refractivity contribution in [2.45, 2.75) is 6.42 Å². The summed E-state index contributed by atoms with van der Waals surface area (Å²) in [7, 11) is 1.83. The summed E-state index contributed by atoms with van der Waals surface area (Å²) in [6, 6.07) is 13.1. The van der Waals surface area contributed by atoms with Gasteiger partial charge in [0.1, 0.15) is 5.82 Å². The lowest BCUT2D eigenvalue weighted by Gasteiger charge is -2.06. The Hall–Kier alpha value is -2.08. The number of nitrogens with one attached hydrogen (secondary N) is 2. The summed E-state index contributed by atoms with van der Waals surface area (Å²) >= 11 is 13.5. The molecule has 0 aliphatic carbocycles. The molecule has 0 saturated carbocycles. The van der Waals surface area contributed by atoms with Crippen molar-refractivity contribution >= 4 is 46.3 Å². The van der Waals surface area contributed by atoms with Gasteiger partial charge in [0.25, 0.3) is 5.91 Å². The van der Waals surface area contributed by atoms with Crippen LogP contribution >= 0.6 is 34.5 Å². The van der Waals surface area contributed by atoms with Gasteiger partial charge in [-0.15, -0.1) is 11.3 Å². The number of halogens is 2. The van der Waals surface area contributed by atoms with Crippen LogP contribution < -0.4 is 10.6 Å². The van der Waals surface area contributed by atoms with Gasteiger partial charge in [-0.1, -0.05) is 29.3 Å². The van der Waals surface area contributed by atoms with Gasteiger partial charge in [-0.3, -0.25) is 4.79 Å². The fourth-order valence-corrected chi connectivity index (χ4v) is 3.88. The van der Waals surface area contributed by atoms with Crippen LogP contribution in [0.1, 0.15) is 15.2 Å². The van der Waals surface area contributed by atoms with Gasteiger partial charge in [-0.05, 0) is 53.9 Å². The number of aromatic nitrogens is 1. The van der Waals surface area contributed by atoms with Crippen LogP contribution in [-0.4, -0.2) is 24.5 Å². The Morgan fingerprint density at radius 2 is 2.00 bits per heavy atom. The number of hydrogen-bond donors (Lipinski definition) is 2. The van der Waals surface area contributed by atoms with Gasteiger partial charge in [-0.25, -0.2) is 4.98 Å². The van der Waals surface area contributed by atoms with Crippen LogP contribution in [0.25, 0.3) is 10.4 Å². The normalized spacial score (nSPS) is 10.6. The Morgan fingerprint density at radius 3 is 2.77 bits per heavy atom. The van der Waals surface area contributed by atoms with Crippen molar-refractivity contribution in [3.05, 3.63) is 69.1 Å². The minimum absolute atomic E-state index is 0.0887. The number of carbonyl (C=O) groups excluding carboxylic acids is 1. The molecule has 2 aromatic heterocycles. The van der Waals surface area contributed by atoms with E-state index in [-0.39, 0.29) is 5.91 Å². The topological polar surface area (TPSA) is 54.0 Å². The smallest absolute Gasteiger partial charge is 0.261 e. The third-order valence-corrected chi connectivity index (χ3v) is 5.55. The summed E-state index contributed by atoms with van der Waals surface area (Å²) in [4.78, 5) is 18.3. The molecule has 2 heterocycles. The van der Waals surface area contributed by atoms with Crippen molar-refractivity contribution in [2.24, 2.45) is 0 Å². The number of thiophene rings is 1.